The molecule has 1 heterocycles. The Balaban J connectivity index is 2.50. The molecule has 1 unspecified atom stereocenters. The quantitative estimate of drug-likeness (QED) is 0.669. The van der Waals surface area contributed by atoms with Gasteiger partial charge in [-0.05, 0) is 17.7 Å². The third-order valence-electron chi connectivity index (χ3n) is 2.60. The van der Waals surface area contributed by atoms with E-state index >= 15 is 0 Å². The number of nitrogens with two attached hydrogens (primary N) is 1. The first kappa shape index (κ1) is 14.0. The van der Waals surface area contributed by atoms with Crippen LogP contribution in [0.3, 0.4) is 0 Å². The van der Waals surface area contributed by atoms with E-state index in [1.54, 1.807) is 30.6 Å². The van der Waals surface area contributed by atoms with Gasteiger partial charge in [-0.25, -0.2) is 10.4 Å². The predicted molar refractivity (Wildman–Crippen MR) is 74.2 cm³/mol. The zero-order valence-electron chi connectivity index (χ0n) is 10.1. The molecule has 0 aliphatic rings. The smallest absolute Gasteiger partial charge is 0.237 e. The topological polar surface area (TPSA) is 73.1 Å². The van der Waals surface area contributed by atoms with Gasteiger partial charge in [-0.3, -0.25) is 10.8 Å². The lowest BCUT2D eigenvalue weighted by Crippen LogP contribution is -2.30. The second kappa shape index (κ2) is 6.16. The Morgan fingerprint density at radius 2 is 2.00 bits per heavy atom. The molecule has 2 rings (SSSR count). The van der Waals surface area contributed by atoms with Crippen molar-refractivity contribution < 1.29 is 4.74 Å². The summed E-state index contributed by atoms with van der Waals surface area (Å²) in [6.07, 6.45) is 3.10. The van der Waals surface area contributed by atoms with Crippen LogP contribution in [0.4, 0.5) is 0 Å². The minimum atomic E-state index is -0.437. The van der Waals surface area contributed by atoms with Crippen molar-refractivity contribution in [2.45, 2.75) is 6.04 Å². The lowest BCUT2D eigenvalue weighted by atomic mass is 10.0. The van der Waals surface area contributed by atoms with Crippen molar-refractivity contribution in [2.75, 3.05) is 7.11 Å². The molecule has 0 radical (unpaired) electrons. The van der Waals surface area contributed by atoms with Crippen molar-refractivity contribution in [1.29, 1.82) is 0 Å². The lowest BCUT2D eigenvalue weighted by molar-refractivity contribution is 0.383. The van der Waals surface area contributed by atoms with Gasteiger partial charge in [-0.2, -0.15) is 0 Å². The Hall–Kier alpha value is -1.40. The highest BCUT2D eigenvalue weighted by Crippen LogP contribution is 2.31. The number of rotatable bonds is 4. The molecule has 5 nitrogen and oxygen atoms in total. The summed E-state index contributed by atoms with van der Waals surface area (Å²) in [4.78, 5) is 8.33. The zero-order valence-corrected chi connectivity index (χ0v) is 11.6. The summed E-state index contributed by atoms with van der Waals surface area (Å²) in [5.74, 6) is 5.99. The van der Waals surface area contributed by atoms with Crippen LogP contribution in [-0.2, 0) is 0 Å². The van der Waals surface area contributed by atoms with Crippen molar-refractivity contribution in [2.24, 2.45) is 5.84 Å². The van der Waals surface area contributed by atoms with E-state index in [0.29, 0.717) is 21.6 Å². The van der Waals surface area contributed by atoms with Gasteiger partial charge in [0.25, 0.3) is 0 Å². The van der Waals surface area contributed by atoms with Crippen LogP contribution in [0.2, 0.25) is 10.0 Å². The molecule has 0 saturated heterocycles. The molecule has 0 fully saturated rings. The van der Waals surface area contributed by atoms with Gasteiger partial charge in [0.1, 0.15) is 5.69 Å². The Labute approximate surface area is 120 Å². The van der Waals surface area contributed by atoms with E-state index in [1.807, 2.05) is 0 Å². The van der Waals surface area contributed by atoms with Crippen molar-refractivity contribution in [3.63, 3.8) is 0 Å². The molecule has 7 heteroatoms. The molecule has 3 N–H and O–H groups in total. The average molecular weight is 299 g/mol. The first-order valence-electron chi connectivity index (χ1n) is 5.43. The van der Waals surface area contributed by atoms with Crippen LogP contribution >= 0.6 is 23.2 Å². The van der Waals surface area contributed by atoms with Gasteiger partial charge in [0.05, 0.1) is 13.2 Å². The number of hydrogen-bond acceptors (Lipinski definition) is 5. The average Bonchev–Trinajstić information content (AvgIpc) is 2.42. The summed E-state index contributed by atoms with van der Waals surface area (Å²) in [5.41, 5.74) is 3.96. The fraction of sp³-hybridized carbons (Fsp3) is 0.167. The largest absolute Gasteiger partial charge is 0.480 e. The molecule has 1 aromatic heterocycles. The first-order chi connectivity index (χ1) is 9.17. The fourth-order valence-electron chi connectivity index (χ4n) is 1.74. The third-order valence-corrected chi connectivity index (χ3v) is 3.16. The number of ether oxygens (including phenoxy) is 1. The maximum absolute atomic E-state index is 6.18. The van der Waals surface area contributed by atoms with E-state index in [4.69, 9.17) is 33.8 Å². The van der Waals surface area contributed by atoms with Crippen LogP contribution in [0.5, 0.6) is 5.88 Å². The monoisotopic (exact) mass is 298 g/mol. The number of halogens is 2. The Bertz CT molecular complexity index is 579. The minimum absolute atomic E-state index is 0.386. The van der Waals surface area contributed by atoms with Crippen molar-refractivity contribution >= 4 is 23.2 Å². The Morgan fingerprint density at radius 3 is 2.63 bits per heavy atom. The van der Waals surface area contributed by atoms with Crippen LogP contribution in [0, 0.1) is 0 Å². The standard InChI is InChI=1S/C12H12Cl2N4O/c1-19-12-11(16-4-5-17-12)10(18-15)8-3-2-7(13)6-9(8)14/h2-6,10,18H,15H2,1H3. The summed E-state index contributed by atoms with van der Waals surface area (Å²) in [5, 5.41) is 1.04. The molecule has 100 valence electrons. The second-order valence-corrected chi connectivity index (χ2v) is 4.56. The number of methoxy groups -OCH3 is 1. The fourth-order valence-corrected chi connectivity index (χ4v) is 2.26. The lowest BCUT2D eigenvalue weighted by Gasteiger charge is -2.18. The number of nitrogens with one attached hydrogen (secondary N) is 1. The summed E-state index contributed by atoms with van der Waals surface area (Å²) < 4.78 is 5.17. The number of nitrogens with zero attached hydrogens (tertiary/aromatic N) is 2. The van der Waals surface area contributed by atoms with E-state index < -0.39 is 6.04 Å². The van der Waals surface area contributed by atoms with Gasteiger partial charge in [0.15, 0.2) is 0 Å². The molecule has 1 aromatic carbocycles. The molecular formula is C12H12Cl2N4O. The molecule has 0 spiro atoms. The highest BCUT2D eigenvalue weighted by molar-refractivity contribution is 6.35. The van der Waals surface area contributed by atoms with Crippen LogP contribution in [0.15, 0.2) is 30.6 Å². The molecular weight excluding hydrogens is 287 g/mol. The Kier molecular flexibility index (Phi) is 4.55. The molecule has 0 aliphatic heterocycles. The van der Waals surface area contributed by atoms with Crippen LogP contribution in [0.1, 0.15) is 17.3 Å². The van der Waals surface area contributed by atoms with Gasteiger partial charge in [0.2, 0.25) is 5.88 Å². The van der Waals surface area contributed by atoms with Gasteiger partial charge in [0, 0.05) is 22.4 Å². The van der Waals surface area contributed by atoms with Gasteiger partial charge in [-0.15, -0.1) is 0 Å². The van der Waals surface area contributed by atoms with E-state index in [2.05, 4.69) is 15.4 Å². The van der Waals surface area contributed by atoms with Crippen molar-refractivity contribution in [3.05, 3.63) is 51.9 Å². The summed E-state index contributed by atoms with van der Waals surface area (Å²) in [7, 11) is 1.52. The van der Waals surface area contributed by atoms with Crippen LogP contribution in [0.25, 0.3) is 0 Å². The number of hydrogen-bond donors (Lipinski definition) is 2. The van der Waals surface area contributed by atoms with E-state index in [9.17, 15) is 0 Å². The van der Waals surface area contributed by atoms with Gasteiger partial charge in [-0.1, -0.05) is 29.3 Å². The van der Waals surface area contributed by atoms with E-state index in [-0.39, 0.29) is 0 Å². The Morgan fingerprint density at radius 1 is 1.26 bits per heavy atom. The normalized spacial score (nSPS) is 12.2. The first-order valence-corrected chi connectivity index (χ1v) is 6.19. The minimum Gasteiger partial charge on any atom is -0.480 e. The molecule has 19 heavy (non-hydrogen) atoms. The molecule has 0 bridgehead atoms. The maximum atomic E-state index is 6.18. The van der Waals surface area contributed by atoms with Gasteiger partial charge < -0.3 is 4.74 Å². The van der Waals surface area contributed by atoms with Gasteiger partial charge >= 0.3 is 0 Å². The summed E-state index contributed by atoms with van der Waals surface area (Å²) in [6.45, 7) is 0. The predicted octanol–water partition coefficient (Wildman–Crippen LogP) is 2.34. The summed E-state index contributed by atoms with van der Waals surface area (Å²) in [6, 6.07) is 4.72. The molecule has 0 aliphatic carbocycles. The SMILES string of the molecule is COc1nccnc1C(NN)c1ccc(Cl)cc1Cl. The van der Waals surface area contributed by atoms with Crippen molar-refractivity contribution in [1.82, 2.24) is 15.4 Å². The third kappa shape index (κ3) is 2.96. The number of hydrazine groups is 1. The highest BCUT2D eigenvalue weighted by atomic mass is 35.5. The second-order valence-electron chi connectivity index (χ2n) is 3.72. The molecule has 0 amide bonds. The van der Waals surface area contributed by atoms with E-state index in [0.717, 1.165) is 5.56 Å². The van der Waals surface area contributed by atoms with Crippen LogP contribution < -0.4 is 16.0 Å². The highest BCUT2D eigenvalue weighted by Gasteiger charge is 2.21. The molecule has 0 saturated carbocycles. The van der Waals surface area contributed by atoms with Crippen LogP contribution in [-0.4, -0.2) is 17.1 Å². The van der Waals surface area contributed by atoms with Crippen molar-refractivity contribution in [3.8, 4) is 5.88 Å². The molecule has 1 atom stereocenters. The van der Waals surface area contributed by atoms with E-state index in [1.165, 1.54) is 7.11 Å². The number of aromatic nitrogens is 2. The zero-order chi connectivity index (χ0) is 13.8. The maximum Gasteiger partial charge on any atom is 0.237 e. The number of benzene rings is 1. The summed E-state index contributed by atoms with van der Waals surface area (Å²) >= 11 is 12.1. The molecule has 2 aromatic rings.